The minimum absolute atomic E-state index is 0. The lowest BCUT2D eigenvalue weighted by Crippen LogP contribution is -2.46. The van der Waals surface area contributed by atoms with Crippen molar-refractivity contribution in [3.63, 3.8) is 0 Å². The van der Waals surface area contributed by atoms with Gasteiger partial charge in [0.25, 0.3) is 0 Å². The highest BCUT2D eigenvalue weighted by Gasteiger charge is 2.38. The van der Waals surface area contributed by atoms with Gasteiger partial charge in [0.15, 0.2) is 6.61 Å². The monoisotopic (exact) mass is 405 g/mol. The average molecular weight is 406 g/mol. The summed E-state index contributed by atoms with van der Waals surface area (Å²) < 4.78 is 45.9. The summed E-state index contributed by atoms with van der Waals surface area (Å²) >= 11 is 0. The largest absolute Gasteiger partial charge is 0.468 e. The lowest BCUT2D eigenvalue weighted by molar-refractivity contribution is -0.154. The average Bonchev–Trinajstić information content (AvgIpc) is 2.54. The van der Waals surface area contributed by atoms with Crippen LogP contribution in [-0.2, 0) is 9.53 Å². The summed E-state index contributed by atoms with van der Waals surface area (Å²) in [5, 5.41) is 2.69. The number of ether oxygens (including phenoxy) is 2. The van der Waals surface area contributed by atoms with Crippen LogP contribution in [0.5, 0.6) is 5.88 Å². The molecule has 0 spiro atoms. The molecular formula is C14H20Cl2F3N3O3. The first-order chi connectivity index (χ1) is 10.8. The van der Waals surface area contributed by atoms with Crippen LogP contribution < -0.4 is 15.8 Å². The minimum Gasteiger partial charge on any atom is -0.468 e. The first kappa shape index (κ1) is 23.7. The molecule has 25 heavy (non-hydrogen) atoms. The van der Waals surface area contributed by atoms with Gasteiger partial charge in [-0.15, -0.1) is 24.8 Å². The lowest BCUT2D eigenvalue weighted by Gasteiger charge is -2.34. The van der Waals surface area contributed by atoms with Crippen LogP contribution in [0.4, 0.5) is 18.9 Å². The Hall–Kier alpha value is -1.29. The number of nitrogens with one attached hydrogen (secondary N) is 1. The maximum atomic E-state index is 12.4. The molecule has 0 unspecified atom stereocenters. The van der Waals surface area contributed by atoms with E-state index in [4.69, 9.17) is 10.5 Å². The molecule has 1 aromatic heterocycles. The number of nitrogens with zero attached hydrogens (tertiary/aromatic N) is 1. The van der Waals surface area contributed by atoms with Crippen molar-refractivity contribution in [2.45, 2.75) is 19.0 Å². The lowest BCUT2D eigenvalue weighted by atomic mass is 9.79. The van der Waals surface area contributed by atoms with Crippen molar-refractivity contribution in [2.75, 3.05) is 31.7 Å². The van der Waals surface area contributed by atoms with E-state index in [0.717, 1.165) is 0 Å². The Morgan fingerprint density at radius 3 is 2.44 bits per heavy atom. The van der Waals surface area contributed by atoms with E-state index in [0.29, 0.717) is 31.7 Å². The number of carbonyl (C=O) groups excluding carboxylic acids is 1. The van der Waals surface area contributed by atoms with Gasteiger partial charge in [0.05, 0.1) is 17.3 Å². The third-order valence-corrected chi connectivity index (χ3v) is 3.70. The first-order valence-electron chi connectivity index (χ1n) is 7.09. The fraction of sp³-hybridized carbons (Fsp3) is 0.571. The van der Waals surface area contributed by atoms with Crippen LogP contribution in [0.3, 0.4) is 0 Å². The summed E-state index contributed by atoms with van der Waals surface area (Å²) in [5.74, 6) is -0.408. The molecule has 1 amide bonds. The highest BCUT2D eigenvalue weighted by molar-refractivity contribution is 5.95. The van der Waals surface area contributed by atoms with Crippen LogP contribution in [0.1, 0.15) is 12.8 Å². The Balaban J connectivity index is 0.00000288. The van der Waals surface area contributed by atoms with Crippen molar-refractivity contribution >= 4 is 36.4 Å². The number of amides is 1. The van der Waals surface area contributed by atoms with Gasteiger partial charge in [-0.1, -0.05) is 0 Å². The number of carbonyl (C=O) groups is 1. The van der Waals surface area contributed by atoms with Gasteiger partial charge in [0, 0.05) is 25.8 Å². The van der Waals surface area contributed by atoms with Crippen molar-refractivity contribution in [3.8, 4) is 5.88 Å². The molecule has 3 N–H and O–H groups in total. The molecule has 2 heterocycles. The molecule has 2 rings (SSSR count). The van der Waals surface area contributed by atoms with E-state index < -0.39 is 18.2 Å². The molecule has 0 radical (unpaired) electrons. The number of nitrogens with two attached hydrogens (primary N) is 1. The number of halogens is 5. The molecule has 1 saturated heterocycles. The summed E-state index contributed by atoms with van der Waals surface area (Å²) in [4.78, 5) is 16.1. The minimum atomic E-state index is -4.43. The van der Waals surface area contributed by atoms with Gasteiger partial charge < -0.3 is 20.5 Å². The molecule has 0 atom stereocenters. The second-order valence-corrected chi connectivity index (χ2v) is 5.34. The summed E-state index contributed by atoms with van der Waals surface area (Å²) in [5.41, 5.74) is 5.42. The third kappa shape index (κ3) is 6.85. The standard InChI is InChI=1S/C14H18F3N3O3.2ClH/c15-14(16,17)9-23-11-2-1-10(7-19-11)20-12(21)13(8-18)3-5-22-6-4-13;;/h1-2,7H,3-6,8-9,18H2,(H,20,21);2*1H. The van der Waals surface area contributed by atoms with E-state index in [9.17, 15) is 18.0 Å². The third-order valence-electron chi connectivity index (χ3n) is 3.70. The summed E-state index contributed by atoms with van der Waals surface area (Å²) in [6.45, 7) is -0.287. The Kier molecular flexibility index (Phi) is 9.49. The van der Waals surface area contributed by atoms with E-state index in [1.54, 1.807) is 0 Å². The van der Waals surface area contributed by atoms with Crippen LogP contribution in [-0.4, -0.2) is 43.4 Å². The predicted molar refractivity (Wildman–Crippen MR) is 90.5 cm³/mol. The summed E-state index contributed by atoms with van der Waals surface area (Å²) in [6.07, 6.45) is -2.14. The number of hydrogen-bond donors (Lipinski definition) is 2. The zero-order valence-corrected chi connectivity index (χ0v) is 14.8. The van der Waals surface area contributed by atoms with Gasteiger partial charge >= 0.3 is 6.18 Å². The predicted octanol–water partition coefficient (Wildman–Crippen LogP) is 2.56. The normalized spacial score (nSPS) is 16.2. The van der Waals surface area contributed by atoms with Crippen LogP contribution in [0.2, 0.25) is 0 Å². The van der Waals surface area contributed by atoms with Gasteiger partial charge in [-0.3, -0.25) is 4.79 Å². The number of hydrogen-bond acceptors (Lipinski definition) is 5. The highest BCUT2D eigenvalue weighted by Crippen LogP contribution is 2.31. The summed E-state index contributed by atoms with van der Waals surface area (Å²) in [6, 6.07) is 2.70. The van der Waals surface area contributed by atoms with E-state index in [-0.39, 0.29) is 43.1 Å². The zero-order valence-electron chi connectivity index (χ0n) is 13.2. The fourth-order valence-electron chi connectivity index (χ4n) is 2.25. The molecular weight excluding hydrogens is 386 g/mol. The molecule has 0 aromatic carbocycles. The Morgan fingerprint density at radius 2 is 1.96 bits per heavy atom. The molecule has 0 aliphatic carbocycles. The Bertz CT molecular complexity index is 538. The van der Waals surface area contributed by atoms with Gasteiger partial charge in [0.2, 0.25) is 11.8 Å². The van der Waals surface area contributed by atoms with Gasteiger partial charge in [-0.05, 0) is 18.9 Å². The SMILES string of the molecule is Cl.Cl.NCC1(C(=O)Nc2ccc(OCC(F)(F)F)nc2)CCOCC1. The molecule has 1 aromatic rings. The van der Waals surface area contributed by atoms with Crippen molar-refractivity contribution in [1.82, 2.24) is 4.98 Å². The van der Waals surface area contributed by atoms with E-state index in [1.165, 1.54) is 18.3 Å². The van der Waals surface area contributed by atoms with Crippen LogP contribution in [0.25, 0.3) is 0 Å². The second kappa shape index (κ2) is 10.0. The van der Waals surface area contributed by atoms with E-state index in [2.05, 4.69) is 15.0 Å². The second-order valence-electron chi connectivity index (χ2n) is 5.34. The molecule has 11 heteroatoms. The maximum absolute atomic E-state index is 12.4. The quantitative estimate of drug-likeness (QED) is 0.785. The molecule has 1 aliphatic heterocycles. The highest BCUT2D eigenvalue weighted by atomic mass is 35.5. The van der Waals surface area contributed by atoms with Gasteiger partial charge in [-0.2, -0.15) is 13.2 Å². The van der Waals surface area contributed by atoms with E-state index in [1.807, 2.05) is 0 Å². The maximum Gasteiger partial charge on any atom is 0.422 e. The topological polar surface area (TPSA) is 86.5 Å². The van der Waals surface area contributed by atoms with Crippen molar-refractivity contribution in [2.24, 2.45) is 11.1 Å². The first-order valence-corrected chi connectivity index (χ1v) is 7.09. The fourth-order valence-corrected chi connectivity index (χ4v) is 2.25. The molecule has 1 fully saturated rings. The number of aromatic nitrogens is 1. The Morgan fingerprint density at radius 1 is 1.32 bits per heavy atom. The molecule has 0 saturated carbocycles. The molecule has 1 aliphatic rings. The number of pyridine rings is 1. The molecule has 144 valence electrons. The molecule has 6 nitrogen and oxygen atoms in total. The van der Waals surface area contributed by atoms with Crippen LogP contribution >= 0.6 is 24.8 Å². The van der Waals surface area contributed by atoms with Crippen molar-refractivity contribution in [1.29, 1.82) is 0 Å². The van der Waals surface area contributed by atoms with Crippen LogP contribution in [0.15, 0.2) is 18.3 Å². The zero-order chi connectivity index (χ0) is 16.9. The van der Waals surface area contributed by atoms with Crippen molar-refractivity contribution in [3.05, 3.63) is 18.3 Å². The Labute approximate surface area is 155 Å². The number of alkyl halides is 3. The van der Waals surface area contributed by atoms with Gasteiger partial charge in [-0.25, -0.2) is 4.98 Å². The number of rotatable bonds is 5. The molecule has 0 bridgehead atoms. The smallest absolute Gasteiger partial charge is 0.422 e. The summed E-state index contributed by atoms with van der Waals surface area (Å²) in [7, 11) is 0. The number of anilines is 1. The van der Waals surface area contributed by atoms with E-state index >= 15 is 0 Å². The van der Waals surface area contributed by atoms with Crippen molar-refractivity contribution < 1.29 is 27.4 Å². The van der Waals surface area contributed by atoms with Crippen LogP contribution in [0, 0.1) is 5.41 Å². The van der Waals surface area contributed by atoms with Gasteiger partial charge in [0.1, 0.15) is 0 Å².